The maximum Gasteiger partial charge on any atom is 0.0681 e. The molecule has 2 heteroatoms. The van der Waals surface area contributed by atoms with Gasteiger partial charge in [-0.3, -0.25) is 0 Å². The van der Waals surface area contributed by atoms with Crippen LogP contribution in [0.2, 0.25) is 0 Å². The average molecular weight is 245 g/mol. The fourth-order valence-corrected chi connectivity index (χ4v) is 3.80. The zero-order valence-electron chi connectivity index (χ0n) is 11.2. The number of aliphatic hydroxyl groups is 1. The highest BCUT2D eigenvalue weighted by atomic mass is 16.3. The Morgan fingerprint density at radius 2 is 1.94 bits per heavy atom. The molecule has 0 aromatic heterocycles. The van der Waals surface area contributed by atoms with Gasteiger partial charge in [0.1, 0.15) is 0 Å². The third-order valence-electron chi connectivity index (χ3n) is 4.63. The van der Waals surface area contributed by atoms with E-state index >= 15 is 0 Å². The molecule has 2 bridgehead atoms. The molecule has 1 aromatic carbocycles. The van der Waals surface area contributed by atoms with Crippen LogP contribution in [0.15, 0.2) is 18.2 Å². The van der Waals surface area contributed by atoms with Crippen molar-refractivity contribution in [2.75, 3.05) is 18.0 Å². The minimum atomic E-state index is 0.145. The van der Waals surface area contributed by atoms with Crippen LogP contribution >= 0.6 is 0 Å². The summed E-state index contributed by atoms with van der Waals surface area (Å²) in [6.45, 7) is 4.77. The molecule has 2 nitrogen and oxygen atoms in total. The lowest BCUT2D eigenvalue weighted by atomic mass is 9.77. The lowest BCUT2D eigenvalue weighted by Crippen LogP contribution is -2.43. The number of aryl methyl sites for hydroxylation is 1. The first-order valence-electron chi connectivity index (χ1n) is 7.21. The number of rotatable bonds is 2. The Morgan fingerprint density at radius 1 is 1.22 bits per heavy atom. The molecule has 98 valence electrons. The lowest BCUT2D eigenvalue weighted by molar-refractivity contribution is 0.231. The zero-order chi connectivity index (χ0) is 12.5. The van der Waals surface area contributed by atoms with E-state index in [9.17, 15) is 5.11 Å². The Kier molecular flexibility index (Phi) is 3.29. The van der Waals surface area contributed by atoms with Crippen LogP contribution in [0.5, 0.6) is 0 Å². The van der Waals surface area contributed by atoms with Crippen LogP contribution in [0.3, 0.4) is 0 Å². The summed E-state index contributed by atoms with van der Waals surface area (Å²) in [5.74, 6) is 1.82. The molecule has 2 unspecified atom stereocenters. The third-order valence-corrected chi connectivity index (χ3v) is 4.63. The van der Waals surface area contributed by atoms with Gasteiger partial charge in [0.2, 0.25) is 0 Å². The summed E-state index contributed by atoms with van der Waals surface area (Å²) in [7, 11) is 0. The smallest absolute Gasteiger partial charge is 0.0681 e. The SMILES string of the molecule is Cc1cc(CO)ccc1N1CC2CCCC(C2)C1. The van der Waals surface area contributed by atoms with Gasteiger partial charge in [-0.1, -0.05) is 18.6 Å². The second-order valence-corrected chi connectivity index (χ2v) is 6.08. The van der Waals surface area contributed by atoms with Gasteiger partial charge >= 0.3 is 0 Å². The first kappa shape index (κ1) is 12.0. The largest absolute Gasteiger partial charge is 0.392 e. The molecule has 2 fully saturated rings. The van der Waals surface area contributed by atoms with E-state index in [0.717, 1.165) is 17.4 Å². The molecule has 18 heavy (non-hydrogen) atoms. The van der Waals surface area contributed by atoms with Crippen molar-refractivity contribution in [2.45, 2.75) is 39.2 Å². The summed E-state index contributed by atoms with van der Waals surface area (Å²) in [4.78, 5) is 2.58. The highest BCUT2D eigenvalue weighted by Crippen LogP contribution is 2.37. The maximum atomic E-state index is 9.18. The van der Waals surface area contributed by atoms with E-state index in [0.29, 0.717) is 0 Å². The molecule has 1 heterocycles. The number of piperidine rings is 1. The highest BCUT2D eigenvalue weighted by molar-refractivity contribution is 5.55. The van der Waals surface area contributed by atoms with Crippen LogP contribution in [0.1, 0.15) is 36.8 Å². The summed E-state index contributed by atoms with van der Waals surface area (Å²) in [6, 6.07) is 6.38. The van der Waals surface area contributed by atoms with Crippen molar-refractivity contribution in [1.29, 1.82) is 0 Å². The van der Waals surface area contributed by atoms with Crippen LogP contribution in [-0.2, 0) is 6.61 Å². The predicted octanol–water partition coefficient (Wildman–Crippen LogP) is 3.11. The minimum absolute atomic E-state index is 0.145. The number of anilines is 1. The molecule has 0 amide bonds. The quantitative estimate of drug-likeness (QED) is 0.865. The number of benzene rings is 1. The van der Waals surface area contributed by atoms with Gasteiger partial charge in [-0.25, -0.2) is 0 Å². The molecular weight excluding hydrogens is 222 g/mol. The minimum Gasteiger partial charge on any atom is -0.392 e. The Labute approximate surface area is 110 Å². The molecule has 1 aromatic rings. The number of fused-ring (bicyclic) bond motifs is 2. The Hall–Kier alpha value is -1.02. The molecule has 1 aliphatic carbocycles. The van der Waals surface area contributed by atoms with Crippen molar-refractivity contribution >= 4 is 5.69 Å². The van der Waals surface area contributed by atoms with Gasteiger partial charge in [-0.15, -0.1) is 0 Å². The van der Waals surface area contributed by atoms with E-state index in [-0.39, 0.29) is 6.61 Å². The van der Waals surface area contributed by atoms with Gasteiger partial charge in [0.05, 0.1) is 6.61 Å². The molecule has 3 rings (SSSR count). The van der Waals surface area contributed by atoms with Crippen LogP contribution in [-0.4, -0.2) is 18.2 Å². The maximum absolute atomic E-state index is 9.18. The van der Waals surface area contributed by atoms with Crippen molar-refractivity contribution in [1.82, 2.24) is 0 Å². The molecule has 0 radical (unpaired) electrons. The lowest BCUT2D eigenvalue weighted by Gasteiger charge is -2.43. The summed E-state index contributed by atoms with van der Waals surface area (Å²) in [5, 5.41) is 9.18. The van der Waals surface area contributed by atoms with E-state index in [1.165, 1.54) is 50.0 Å². The van der Waals surface area contributed by atoms with E-state index in [1.807, 2.05) is 0 Å². The topological polar surface area (TPSA) is 23.5 Å². The second-order valence-electron chi connectivity index (χ2n) is 6.08. The summed E-state index contributed by atoms with van der Waals surface area (Å²) < 4.78 is 0. The second kappa shape index (κ2) is 4.93. The van der Waals surface area contributed by atoms with Gasteiger partial charge in [0.25, 0.3) is 0 Å². The van der Waals surface area contributed by atoms with Gasteiger partial charge < -0.3 is 10.0 Å². The van der Waals surface area contributed by atoms with Crippen molar-refractivity contribution in [3.05, 3.63) is 29.3 Å². The molecule has 2 aliphatic rings. The number of hydrogen-bond acceptors (Lipinski definition) is 2. The molecule has 1 saturated carbocycles. The van der Waals surface area contributed by atoms with Crippen molar-refractivity contribution < 1.29 is 5.11 Å². The Balaban J connectivity index is 1.82. The Bertz CT molecular complexity index is 417. The molecule has 1 aliphatic heterocycles. The van der Waals surface area contributed by atoms with E-state index < -0.39 is 0 Å². The van der Waals surface area contributed by atoms with Gasteiger partial charge in [-0.05, 0) is 55.2 Å². The fourth-order valence-electron chi connectivity index (χ4n) is 3.80. The molecule has 1 N–H and O–H groups in total. The van der Waals surface area contributed by atoms with Gasteiger partial charge in [-0.2, -0.15) is 0 Å². The van der Waals surface area contributed by atoms with Crippen LogP contribution in [0, 0.1) is 18.8 Å². The zero-order valence-corrected chi connectivity index (χ0v) is 11.2. The molecule has 2 atom stereocenters. The molecule has 1 saturated heterocycles. The van der Waals surface area contributed by atoms with Crippen LogP contribution in [0.25, 0.3) is 0 Å². The summed E-state index contributed by atoms with van der Waals surface area (Å²) >= 11 is 0. The average Bonchev–Trinajstić information content (AvgIpc) is 2.38. The van der Waals surface area contributed by atoms with E-state index in [4.69, 9.17) is 0 Å². The molecule has 0 spiro atoms. The normalized spacial score (nSPS) is 27.3. The monoisotopic (exact) mass is 245 g/mol. The number of aliphatic hydroxyl groups excluding tert-OH is 1. The number of hydrogen-bond donors (Lipinski definition) is 1. The van der Waals surface area contributed by atoms with Gasteiger partial charge in [0.15, 0.2) is 0 Å². The van der Waals surface area contributed by atoms with E-state index in [1.54, 1.807) is 0 Å². The summed E-state index contributed by atoms with van der Waals surface area (Å²) in [6.07, 6.45) is 5.72. The van der Waals surface area contributed by atoms with Crippen molar-refractivity contribution in [2.24, 2.45) is 11.8 Å². The van der Waals surface area contributed by atoms with Crippen LogP contribution in [0.4, 0.5) is 5.69 Å². The van der Waals surface area contributed by atoms with Crippen molar-refractivity contribution in [3.8, 4) is 0 Å². The van der Waals surface area contributed by atoms with Gasteiger partial charge in [0, 0.05) is 18.8 Å². The van der Waals surface area contributed by atoms with E-state index in [2.05, 4.69) is 30.0 Å². The van der Waals surface area contributed by atoms with Crippen LogP contribution < -0.4 is 4.90 Å². The van der Waals surface area contributed by atoms with Crippen molar-refractivity contribution in [3.63, 3.8) is 0 Å². The standard InChI is InChI=1S/C16H23NO/c1-12-7-15(11-18)5-6-16(12)17-9-13-3-2-4-14(8-13)10-17/h5-7,13-14,18H,2-4,8-11H2,1H3. The Morgan fingerprint density at radius 3 is 2.56 bits per heavy atom. The molecular formula is C16H23NO. The fraction of sp³-hybridized carbons (Fsp3) is 0.625. The third kappa shape index (κ3) is 2.26. The predicted molar refractivity (Wildman–Crippen MR) is 74.8 cm³/mol. The number of nitrogens with zero attached hydrogens (tertiary/aromatic N) is 1. The highest BCUT2D eigenvalue weighted by Gasteiger charge is 2.30. The first-order valence-corrected chi connectivity index (χ1v) is 7.21. The first-order chi connectivity index (χ1) is 8.76. The summed E-state index contributed by atoms with van der Waals surface area (Å²) in [5.41, 5.74) is 3.71.